The molecule has 1 heterocycles. The van der Waals surface area contributed by atoms with E-state index < -0.39 is 0 Å². The third-order valence-electron chi connectivity index (χ3n) is 2.64. The highest BCUT2D eigenvalue weighted by molar-refractivity contribution is 9.10. The molecule has 0 bridgehead atoms. The van der Waals surface area contributed by atoms with Crippen molar-refractivity contribution in [2.24, 2.45) is 0 Å². The van der Waals surface area contributed by atoms with Gasteiger partial charge < -0.3 is 9.88 Å². The molecule has 6 heteroatoms. The van der Waals surface area contributed by atoms with Gasteiger partial charge in [-0.1, -0.05) is 27.5 Å². The van der Waals surface area contributed by atoms with E-state index in [1.165, 1.54) is 0 Å². The van der Waals surface area contributed by atoms with E-state index in [1.54, 1.807) is 6.33 Å². The van der Waals surface area contributed by atoms with Gasteiger partial charge in [-0.05, 0) is 30.7 Å². The number of hydrogen-bond donors (Lipinski definition) is 1. The van der Waals surface area contributed by atoms with Gasteiger partial charge in [0, 0.05) is 22.6 Å². The van der Waals surface area contributed by atoms with Crippen molar-refractivity contribution < 1.29 is 0 Å². The number of rotatable bonds is 5. The third-order valence-corrected chi connectivity index (χ3v) is 3.65. The quantitative estimate of drug-likeness (QED) is 0.917. The third kappa shape index (κ3) is 3.31. The number of aromatic nitrogens is 3. The summed E-state index contributed by atoms with van der Waals surface area (Å²) in [4.78, 5) is 0. The SMILES string of the molecule is CCn1cnnc1CNCc1cc(Cl)ccc1Br. The Balaban J connectivity index is 1.94. The number of halogens is 2. The molecule has 0 radical (unpaired) electrons. The Labute approximate surface area is 119 Å². The van der Waals surface area contributed by atoms with Gasteiger partial charge >= 0.3 is 0 Å². The van der Waals surface area contributed by atoms with Crippen molar-refractivity contribution in [3.63, 3.8) is 0 Å². The van der Waals surface area contributed by atoms with Crippen LogP contribution in [0.3, 0.4) is 0 Å². The number of benzene rings is 1. The van der Waals surface area contributed by atoms with E-state index in [0.29, 0.717) is 6.54 Å². The predicted octanol–water partition coefficient (Wildman–Crippen LogP) is 3.00. The zero-order chi connectivity index (χ0) is 13.0. The van der Waals surface area contributed by atoms with Crippen LogP contribution in [0.2, 0.25) is 5.02 Å². The van der Waals surface area contributed by atoms with Gasteiger partial charge in [-0.25, -0.2) is 0 Å². The molecule has 0 aliphatic rings. The average molecular weight is 330 g/mol. The molecule has 2 rings (SSSR count). The van der Waals surface area contributed by atoms with E-state index in [-0.39, 0.29) is 0 Å². The molecule has 0 saturated heterocycles. The normalized spacial score (nSPS) is 10.8. The fourth-order valence-corrected chi connectivity index (χ4v) is 2.25. The Hall–Kier alpha value is -0.910. The molecule has 0 fully saturated rings. The van der Waals surface area contributed by atoms with Gasteiger partial charge in [-0.3, -0.25) is 0 Å². The highest BCUT2D eigenvalue weighted by atomic mass is 79.9. The molecule has 2 aromatic rings. The first-order valence-corrected chi connectivity index (χ1v) is 6.89. The van der Waals surface area contributed by atoms with Crippen molar-refractivity contribution in [1.82, 2.24) is 20.1 Å². The van der Waals surface area contributed by atoms with Crippen LogP contribution in [0.5, 0.6) is 0 Å². The van der Waals surface area contributed by atoms with Crippen LogP contribution in [0.1, 0.15) is 18.3 Å². The van der Waals surface area contributed by atoms with Crippen LogP contribution in [0, 0.1) is 0 Å². The molecule has 1 N–H and O–H groups in total. The van der Waals surface area contributed by atoms with Crippen molar-refractivity contribution in [3.8, 4) is 0 Å². The van der Waals surface area contributed by atoms with E-state index in [2.05, 4.69) is 38.4 Å². The monoisotopic (exact) mass is 328 g/mol. The standard InChI is InChI=1S/C12H14BrClN4/c1-2-18-8-16-17-12(18)7-15-6-9-5-10(14)3-4-11(9)13/h3-5,8,15H,2,6-7H2,1H3. The zero-order valence-corrected chi connectivity index (χ0v) is 12.4. The van der Waals surface area contributed by atoms with Crippen molar-refractivity contribution >= 4 is 27.5 Å². The summed E-state index contributed by atoms with van der Waals surface area (Å²) in [6.07, 6.45) is 1.74. The van der Waals surface area contributed by atoms with Crippen LogP contribution in [-0.4, -0.2) is 14.8 Å². The topological polar surface area (TPSA) is 42.7 Å². The van der Waals surface area contributed by atoms with E-state index in [4.69, 9.17) is 11.6 Å². The Morgan fingerprint density at radius 1 is 1.39 bits per heavy atom. The van der Waals surface area contributed by atoms with Gasteiger partial charge in [0.1, 0.15) is 12.2 Å². The lowest BCUT2D eigenvalue weighted by atomic mass is 10.2. The fraction of sp³-hybridized carbons (Fsp3) is 0.333. The summed E-state index contributed by atoms with van der Waals surface area (Å²) < 4.78 is 3.07. The van der Waals surface area contributed by atoms with Crippen molar-refractivity contribution in [2.45, 2.75) is 26.6 Å². The second kappa shape index (κ2) is 6.31. The second-order valence-electron chi connectivity index (χ2n) is 3.87. The highest BCUT2D eigenvalue weighted by Gasteiger charge is 2.04. The number of aryl methyl sites for hydroxylation is 1. The van der Waals surface area contributed by atoms with Crippen LogP contribution in [0.25, 0.3) is 0 Å². The Morgan fingerprint density at radius 3 is 3.00 bits per heavy atom. The first-order valence-electron chi connectivity index (χ1n) is 5.72. The van der Waals surface area contributed by atoms with Gasteiger partial charge in [0.25, 0.3) is 0 Å². The van der Waals surface area contributed by atoms with Crippen molar-refractivity contribution in [3.05, 3.63) is 45.4 Å². The minimum absolute atomic E-state index is 0.687. The first-order chi connectivity index (χ1) is 8.70. The summed E-state index contributed by atoms with van der Waals surface area (Å²) in [5.41, 5.74) is 1.13. The molecule has 0 atom stereocenters. The smallest absolute Gasteiger partial charge is 0.146 e. The number of hydrogen-bond acceptors (Lipinski definition) is 3. The van der Waals surface area contributed by atoms with Crippen molar-refractivity contribution in [1.29, 1.82) is 0 Å². The molecule has 1 aromatic carbocycles. The maximum Gasteiger partial charge on any atom is 0.146 e. The molecular weight excluding hydrogens is 316 g/mol. The molecule has 0 aliphatic carbocycles. The van der Waals surface area contributed by atoms with Crippen LogP contribution in [0.4, 0.5) is 0 Å². The lowest BCUT2D eigenvalue weighted by molar-refractivity contribution is 0.611. The van der Waals surface area contributed by atoms with E-state index >= 15 is 0 Å². The first kappa shape index (κ1) is 13.5. The summed E-state index contributed by atoms with van der Waals surface area (Å²) in [6.45, 7) is 4.37. The maximum absolute atomic E-state index is 5.97. The summed E-state index contributed by atoms with van der Waals surface area (Å²) in [5.74, 6) is 0.940. The molecule has 0 unspecified atom stereocenters. The van der Waals surface area contributed by atoms with Gasteiger partial charge in [-0.15, -0.1) is 10.2 Å². The predicted molar refractivity (Wildman–Crippen MR) is 75.4 cm³/mol. The molecule has 4 nitrogen and oxygen atoms in total. The molecule has 0 amide bonds. The van der Waals surface area contributed by atoms with Crippen LogP contribution in [-0.2, 0) is 19.6 Å². The molecule has 18 heavy (non-hydrogen) atoms. The lowest BCUT2D eigenvalue weighted by Gasteiger charge is -2.07. The summed E-state index contributed by atoms with van der Waals surface area (Å²) in [6, 6.07) is 5.76. The minimum Gasteiger partial charge on any atom is -0.317 e. The van der Waals surface area contributed by atoms with Crippen molar-refractivity contribution in [2.75, 3.05) is 0 Å². The molecule has 0 aliphatic heterocycles. The Morgan fingerprint density at radius 2 is 2.22 bits per heavy atom. The van der Waals surface area contributed by atoms with Gasteiger partial charge in [0.05, 0.1) is 6.54 Å². The highest BCUT2D eigenvalue weighted by Crippen LogP contribution is 2.20. The summed E-state index contributed by atoms with van der Waals surface area (Å²) in [5, 5.41) is 12.0. The molecular formula is C12H14BrClN4. The van der Waals surface area contributed by atoms with E-state index in [9.17, 15) is 0 Å². The zero-order valence-electron chi connectivity index (χ0n) is 10.0. The van der Waals surface area contributed by atoms with Crippen LogP contribution >= 0.6 is 27.5 Å². The summed E-state index contributed by atoms with van der Waals surface area (Å²) in [7, 11) is 0. The van der Waals surface area contributed by atoms with Crippen LogP contribution in [0.15, 0.2) is 29.0 Å². The molecule has 1 aromatic heterocycles. The maximum atomic E-state index is 5.97. The largest absolute Gasteiger partial charge is 0.317 e. The van der Waals surface area contributed by atoms with Gasteiger partial charge in [0.15, 0.2) is 0 Å². The Kier molecular flexibility index (Phi) is 4.74. The Bertz CT molecular complexity index is 527. The lowest BCUT2D eigenvalue weighted by Crippen LogP contribution is -2.16. The number of nitrogens with one attached hydrogen (secondary N) is 1. The van der Waals surface area contributed by atoms with Gasteiger partial charge in [0.2, 0.25) is 0 Å². The van der Waals surface area contributed by atoms with Crippen LogP contribution < -0.4 is 5.32 Å². The molecule has 0 saturated carbocycles. The molecule has 96 valence electrons. The van der Waals surface area contributed by atoms with E-state index in [1.807, 2.05) is 22.8 Å². The van der Waals surface area contributed by atoms with E-state index in [0.717, 1.165) is 34.0 Å². The summed E-state index contributed by atoms with van der Waals surface area (Å²) >= 11 is 9.47. The average Bonchev–Trinajstić information content (AvgIpc) is 2.81. The van der Waals surface area contributed by atoms with Gasteiger partial charge in [-0.2, -0.15) is 0 Å². The number of nitrogens with zero attached hydrogens (tertiary/aromatic N) is 3. The fourth-order valence-electron chi connectivity index (χ4n) is 1.67. The second-order valence-corrected chi connectivity index (χ2v) is 5.16. The molecule has 0 spiro atoms. The minimum atomic E-state index is 0.687.